The molecular weight excluding hydrogens is 258 g/mol. The lowest BCUT2D eigenvalue weighted by Gasteiger charge is -2.17. The molecule has 0 heterocycles. The molecule has 1 aliphatic carbocycles. The Morgan fingerprint density at radius 1 is 1.10 bits per heavy atom. The fraction of sp³-hybridized carbons (Fsp3) is 0.316. The van der Waals surface area contributed by atoms with E-state index in [1.807, 2.05) is 0 Å². The second kappa shape index (κ2) is 6.57. The highest BCUT2D eigenvalue weighted by molar-refractivity contribution is 5.85. The van der Waals surface area contributed by atoms with Gasteiger partial charge in [0.15, 0.2) is 0 Å². The number of fused-ring (bicyclic) bond motifs is 1. The average molecular weight is 279 g/mol. The highest BCUT2D eigenvalue weighted by Gasteiger charge is 2.17. The van der Waals surface area contributed by atoms with E-state index >= 15 is 0 Å². The van der Waals surface area contributed by atoms with Crippen molar-refractivity contribution in [3.05, 3.63) is 60.2 Å². The van der Waals surface area contributed by atoms with Crippen LogP contribution in [0, 0.1) is 5.92 Å². The maximum atomic E-state index is 12.1. The van der Waals surface area contributed by atoms with Gasteiger partial charge in [0, 0.05) is 12.5 Å². The molecule has 1 aliphatic rings. The molecule has 2 aromatic rings. The summed E-state index contributed by atoms with van der Waals surface area (Å²) in [5, 5.41) is 5.64. The summed E-state index contributed by atoms with van der Waals surface area (Å²) in [6, 6.07) is 14.8. The summed E-state index contributed by atoms with van der Waals surface area (Å²) in [5.41, 5.74) is 1.30. The molecule has 0 saturated heterocycles. The first-order valence-corrected chi connectivity index (χ1v) is 7.74. The van der Waals surface area contributed by atoms with Crippen LogP contribution in [0.4, 0.5) is 0 Å². The van der Waals surface area contributed by atoms with Crippen LogP contribution in [0.2, 0.25) is 0 Å². The van der Waals surface area contributed by atoms with Crippen molar-refractivity contribution in [2.75, 3.05) is 6.54 Å². The fourth-order valence-electron chi connectivity index (χ4n) is 3.01. The minimum absolute atomic E-state index is 0.169. The van der Waals surface area contributed by atoms with Gasteiger partial charge in [-0.3, -0.25) is 4.79 Å². The van der Waals surface area contributed by atoms with Gasteiger partial charge in [-0.25, -0.2) is 0 Å². The molecule has 2 heteroatoms. The third-order valence-corrected chi connectivity index (χ3v) is 4.21. The van der Waals surface area contributed by atoms with Gasteiger partial charge in [0.25, 0.3) is 0 Å². The summed E-state index contributed by atoms with van der Waals surface area (Å²) in [6.07, 6.45) is 8.08. The third-order valence-electron chi connectivity index (χ3n) is 4.21. The van der Waals surface area contributed by atoms with Gasteiger partial charge in [-0.15, -0.1) is 0 Å². The van der Waals surface area contributed by atoms with Gasteiger partial charge in [-0.1, -0.05) is 54.6 Å². The van der Waals surface area contributed by atoms with Crippen molar-refractivity contribution in [3.8, 4) is 0 Å². The lowest BCUT2D eigenvalue weighted by Crippen LogP contribution is -2.32. The second-order valence-corrected chi connectivity index (χ2v) is 5.66. The molecule has 0 radical (unpaired) electrons. The predicted octanol–water partition coefficient (Wildman–Crippen LogP) is 3.85. The molecule has 0 unspecified atom stereocenters. The summed E-state index contributed by atoms with van der Waals surface area (Å²) >= 11 is 0. The van der Waals surface area contributed by atoms with E-state index in [0.717, 1.165) is 25.7 Å². The van der Waals surface area contributed by atoms with Crippen LogP contribution in [0.3, 0.4) is 0 Å². The quantitative estimate of drug-likeness (QED) is 0.846. The van der Waals surface area contributed by atoms with E-state index in [0.29, 0.717) is 6.54 Å². The van der Waals surface area contributed by atoms with Gasteiger partial charge in [-0.2, -0.15) is 0 Å². The maximum absolute atomic E-state index is 12.1. The molecule has 1 atom stereocenters. The SMILES string of the molecule is O=C(NCCc1cccc2ccccc12)[C@@H]1CC=CCC1. The fourth-order valence-corrected chi connectivity index (χ4v) is 3.01. The van der Waals surface area contributed by atoms with Crippen LogP contribution in [-0.4, -0.2) is 12.5 Å². The zero-order valence-corrected chi connectivity index (χ0v) is 12.2. The Morgan fingerprint density at radius 3 is 2.81 bits per heavy atom. The number of nitrogens with one attached hydrogen (secondary N) is 1. The Kier molecular flexibility index (Phi) is 4.34. The summed E-state index contributed by atoms with van der Waals surface area (Å²) in [6.45, 7) is 0.715. The summed E-state index contributed by atoms with van der Waals surface area (Å²) in [5.74, 6) is 0.377. The third kappa shape index (κ3) is 3.33. The van der Waals surface area contributed by atoms with Crippen LogP contribution in [0.15, 0.2) is 54.6 Å². The Hall–Kier alpha value is -2.09. The summed E-state index contributed by atoms with van der Waals surface area (Å²) in [7, 11) is 0. The smallest absolute Gasteiger partial charge is 0.223 e. The number of amides is 1. The van der Waals surface area contributed by atoms with Crippen molar-refractivity contribution in [2.45, 2.75) is 25.7 Å². The van der Waals surface area contributed by atoms with Crippen molar-refractivity contribution in [2.24, 2.45) is 5.92 Å². The zero-order chi connectivity index (χ0) is 14.5. The van der Waals surface area contributed by atoms with Crippen LogP contribution in [0.1, 0.15) is 24.8 Å². The average Bonchev–Trinajstić information content (AvgIpc) is 2.56. The topological polar surface area (TPSA) is 29.1 Å². The molecule has 0 saturated carbocycles. The molecular formula is C19H21NO. The predicted molar refractivity (Wildman–Crippen MR) is 87.1 cm³/mol. The van der Waals surface area contributed by atoms with Crippen molar-refractivity contribution in [1.82, 2.24) is 5.32 Å². The monoisotopic (exact) mass is 279 g/mol. The lowest BCUT2D eigenvalue weighted by atomic mass is 9.93. The molecule has 0 bridgehead atoms. The minimum Gasteiger partial charge on any atom is -0.356 e. The molecule has 108 valence electrons. The van der Waals surface area contributed by atoms with E-state index in [1.165, 1.54) is 16.3 Å². The van der Waals surface area contributed by atoms with Crippen LogP contribution >= 0.6 is 0 Å². The van der Waals surface area contributed by atoms with E-state index in [-0.39, 0.29) is 11.8 Å². The van der Waals surface area contributed by atoms with Gasteiger partial charge in [0.1, 0.15) is 0 Å². The van der Waals surface area contributed by atoms with E-state index in [4.69, 9.17) is 0 Å². The van der Waals surface area contributed by atoms with Crippen LogP contribution in [0.25, 0.3) is 10.8 Å². The lowest BCUT2D eigenvalue weighted by molar-refractivity contribution is -0.125. The Morgan fingerprint density at radius 2 is 1.95 bits per heavy atom. The van der Waals surface area contributed by atoms with E-state index in [1.54, 1.807) is 0 Å². The van der Waals surface area contributed by atoms with Gasteiger partial charge >= 0.3 is 0 Å². The first kappa shape index (κ1) is 13.9. The summed E-state index contributed by atoms with van der Waals surface area (Å²) < 4.78 is 0. The van der Waals surface area contributed by atoms with Gasteiger partial charge in [-0.05, 0) is 42.0 Å². The van der Waals surface area contributed by atoms with Crippen molar-refractivity contribution in [1.29, 1.82) is 0 Å². The number of rotatable bonds is 4. The molecule has 0 spiro atoms. The van der Waals surface area contributed by atoms with Gasteiger partial charge in [0.05, 0.1) is 0 Å². The van der Waals surface area contributed by atoms with Crippen molar-refractivity contribution in [3.63, 3.8) is 0 Å². The molecule has 1 N–H and O–H groups in total. The molecule has 0 aromatic heterocycles. The van der Waals surface area contributed by atoms with E-state index in [9.17, 15) is 4.79 Å². The number of carbonyl (C=O) groups is 1. The van der Waals surface area contributed by atoms with Crippen LogP contribution in [-0.2, 0) is 11.2 Å². The highest BCUT2D eigenvalue weighted by atomic mass is 16.1. The Labute approximate surface area is 125 Å². The first-order chi connectivity index (χ1) is 10.3. The Balaban J connectivity index is 1.59. The van der Waals surface area contributed by atoms with Crippen molar-refractivity contribution < 1.29 is 4.79 Å². The molecule has 21 heavy (non-hydrogen) atoms. The molecule has 3 rings (SSSR count). The van der Waals surface area contributed by atoms with E-state index in [2.05, 4.69) is 59.9 Å². The van der Waals surface area contributed by atoms with Crippen LogP contribution in [0.5, 0.6) is 0 Å². The minimum atomic E-state index is 0.169. The molecule has 0 fully saturated rings. The zero-order valence-electron chi connectivity index (χ0n) is 12.2. The largest absolute Gasteiger partial charge is 0.356 e. The number of carbonyl (C=O) groups excluding carboxylic acids is 1. The molecule has 0 aliphatic heterocycles. The molecule has 2 nitrogen and oxygen atoms in total. The standard InChI is InChI=1S/C19H21NO/c21-19(17-8-2-1-3-9-17)20-14-13-16-11-6-10-15-7-4-5-12-18(15)16/h1-2,4-7,10-12,17H,3,8-9,13-14H2,(H,20,21)/t17-/m1/s1. The highest BCUT2D eigenvalue weighted by Crippen LogP contribution is 2.20. The summed E-state index contributed by atoms with van der Waals surface area (Å²) in [4.78, 5) is 12.1. The normalized spacial score (nSPS) is 17.8. The molecule has 2 aromatic carbocycles. The number of benzene rings is 2. The molecule has 1 amide bonds. The second-order valence-electron chi connectivity index (χ2n) is 5.66. The van der Waals surface area contributed by atoms with Crippen molar-refractivity contribution >= 4 is 16.7 Å². The van der Waals surface area contributed by atoms with Gasteiger partial charge in [0.2, 0.25) is 5.91 Å². The number of hydrogen-bond donors (Lipinski definition) is 1. The van der Waals surface area contributed by atoms with Gasteiger partial charge < -0.3 is 5.32 Å². The first-order valence-electron chi connectivity index (χ1n) is 7.74. The number of allylic oxidation sites excluding steroid dienone is 2. The van der Waals surface area contributed by atoms with Crippen LogP contribution < -0.4 is 5.32 Å². The maximum Gasteiger partial charge on any atom is 0.223 e. The van der Waals surface area contributed by atoms with E-state index < -0.39 is 0 Å². The number of hydrogen-bond acceptors (Lipinski definition) is 1. The Bertz CT molecular complexity index is 654.